The zero-order valence-corrected chi connectivity index (χ0v) is 14.7. The summed E-state index contributed by atoms with van der Waals surface area (Å²) in [6, 6.07) is 13.4. The number of carbonyl (C=O) groups is 1. The number of carbonyl (C=O) groups excluding carboxylic acids is 1. The average molecular weight is 379 g/mol. The second-order valence-electron chi connectivity index (χ2n) is 6.85. The first-order valence-electron chi connectivity index (χ1n) is 8.57. The van der Waals surface area contributed by atoms with Gasteiger partial charge < -0.3 is 15.2 Å². The third-order valence-corrected chi connectivity index (χ3v) is 4.81. The monoisotopic (exact) mass is 379 g/mol. The first-order chi connectivity index (χ1) is 12.7. The van der Waals surface area contributed by atoms with E-state index in [0.717, 1.165) is 5.56 Å². The van der Waals surface area contributed by atoms with Crippen molar-refractivity contribution in [2.45, 2.75) is 37.6 Å². The molecule has 2 unspecified atom stereocenters. The Bertz CT molecular complexity index is 823. The fraction of sp³-hybridized carbons (Fsp3) is 0.350. The Labute approximate surface area is 155 Å². The van der Waals surface area contributed by atoms with Gasteiger partial charge in [0.05, 0.1) is 12.1 Å². The van der Waals surface area contributed by atoms with E-state index in [0.29, 0.717) is 16.8 Å². The van der Waals surface area contributed by atoms with Crippen LogP contribution in [0.15, 0.2) is 48.5 Å². The van der Waals surface area contributed by atoms with Crippen molar-refractivity contribution in [3.05, 3.63) is 65.2 Å². The number of alkyl halides is 3. The molecule has 0 amide bonds. The van der Waals surface area contributed by atoms with Crippen LogP contribution in [0.5, 0.6) is 0 Å². The number of benzene rings is 2. The van der Waals surface area contributed by atoms with Gasteiger partial charge in [-0.05, 0) is 36.1 Å². The smallest absolute Gasteiger partial charge is 0.418 e. The molecule has 144 valence electrons. The molecule has 0 fully saturated rings. The number of ether oxygens (including phenoxy) is 1. The maximum atomic E-state index is 13.6. The van der Waals surface area contributed by atoms with Crippen LogP contribution in [0.1, 0.15) is 40.7 Å². The molecule has 2 aromatic carbocycles. The lowest BCUT2D eigenvalue weighted by atomic mass is 9.86. The number of halogens is 3. The summed E-state index contributed by atoms with van der Waals surface area (Å²) in [7, 11) is 0. The molecule has 2 aromatic rings. The number of aliphatic hydroxyl groups is 1. The van der Waals surface area contributed by atoms with Crippen molar-refractivity contribution in [2.24, 2.45) is 0 Å². The van der Waals surface area contributed by atoms with Gasteiger partial charge in [-0.15, -0.1) is 0 Å². The van der Waals surface area contributed by atoms with Gasteiger partial charge in [0.1, 0.15) is 6.61 Å². The molecule has 7 heteroatoms. The zero-order valence-electron chi connectivity index (χ0n) is 14.7. The Morgan fingerprint density at radius 3 is 2.56 bits per heavy atom. The van der Waals surface area contributed by atoms with E-state index in [-0.39, 0.29) is 6.61 Å². The molecule has 0 aromatic heterocycles. The van der Waals surface area contributed by atoms with Gasteiger partial charge in [0.15, 0.2) is 5.60 Å². The molecular weight excluding hydrogens is 359 g/mol. The molecule has 0 bridgehead atoms. The van der Waals surface area contributed by atoms with Crippen molar-refractivity contribution in [2.75, 3.05) is 11.9 Å². The van der Waals surface area contributed by atoms with Gasteiger partial charge in [0.2, 0.25) is 0 Å². The molecule has 0 aliphatic carbocycles. The van der Waals surface area contributed by atoms with Gasteiger partial charge in [-0.3, -0.25) is 0 Å². The lowest BCUT2D eigenvalue weighted by Gasteiger charge is -2.33. The number of hydrogen-bond donors (Lipinski definition) is 2. The summed E-state index contributed by atoms with van der Waals surface area (Å²) in [5.41, 5.74) is -0.758. The van der Waals surface area contributed by atoms with E-state index in [2.05, 4.69) is 5.32 Å². The number of nitrogens with one attached hydrogen (secondary N) is 1. The number of fused-ring (bicyclic) bond motifs is 1. The number of rotatable bonds is 6. The van der Waals surface area contributed by atoms with Crippen LogP contribution in [-0.2, 0) is 11.3 Å². The largest absolute Gasteiger partial charge is 0.457 e. The van der Waals surface area contributed by atoms with E-state index in [4.69, 9.17) is 4.74 Å². The van der Waals surface area contributed by atoms with E-state index in [1.807, 2.05) is 0 Å². The maximum Gasteiger partial charge on any atom is 0.418 e. The highest BCUT2D eigenvalue weighted by atomic mass is 19.4. The first kappa shape index (κ1) is 19.2. The minimum Gasteiger partial charge on any atom is -0.457 e. The highest BCUT2D eigenvalue weighted by Crippen LogP contribution is 2.38. The van der Waals surface area contributed by atoms with Crippen molar-refractivity contribution < 1.29 is 27.8 Å². The summed E-state index contributed by atoms with van der Waals surface area (Å²) in [5, 5.41) is 13.1. The van der Waals surface area contributed by atoms with Crippen molar-refractivity contribution in [3.8, 4) is 0 Å². The minimum atomic E-state index is -4.79. The summed E-state index contributed by atoms with van der Waals surface area (Å²) >= 11 is 0. The third-order valence-electron chi connectivity index (χ3n) is 4.81. The summed E-state index contributed by atoms with van der Waals surface area (Å²) in [4.78, 5) is 11.5. The number of anilines is 1. The van der Waals surface area contributed by atoms with Crippen LogP contribution < -0.4 is 5.32 Å². The summed E-state index contributed by atoms with van der Waals surface area (Å²) in [6.45, 7) is 1.06. The molecule has 0 saturated carbocycles. The molecule has 4 nitrogen and oxygen atoms in total. The van der Waals surface area contributed by atoms with E-state index in [1.54, 1.807) is 43.3 Å². The summed E-state index contributed by atoms with van der Waals surface area (Å²) in [6.07, 6.45) is -5.26. The molecule has 1 heterocycles. The molecule has 0 radical (unpaired) electrons. The van der Waals surface area contributed by atoms with Gasteiger partial charge in [-0.2, -0.15) is 13.2 Å². The van der Waals surface area contributed by atoms with Crippen molar-refractivity contribution >= 4 is 11.7 Å². The van der Waals surface area contributed by atoms with E-state index < -0.39 is 36.6 Å². The minimum absolute atomic E-state index is 0.0955. The fourth-order valence-electron chi connectivity index (χ4n) is 3.19. The van der Waals surface area contributed by atoms with Crippen LogP contribution in [0.3, 0.4) is 0 Å². The highest BCUT2D eigenvalue weighted by molar-refractivity contribution is 5.93. The fourth-order valence-corrected chi connectivity index (χ4v) is 3.19. The average Bonchev–Trinajstić information content (AvgIpc) is 3.00. The van der Waals surface area contributed by atoms with Gasteiger partial charge >= 0.3 is 12.1 Å². The molecule has 1 aliphatic heterocycles. The van der Waals surface area contributed by atoms with Crippen LogP contribution in [-0.4, -0.2) is 29.4 Å². The Balaban J connectivity index is 1.74. The summed E-state index contributed by atoms with van der Waals surface area (Å²) in [5.74, 6) is -0.925. The number of cyclic esters (lactones) is 1. The van der Waals surface area contributed by atoms with E-state index in [1.165, 1.54) is 12.1 Å². The van der Waals surface area contributed by atoms with E-state index >= 15 is 0 Å². The second kappa shape index (κ2) is 7.23. The molecule has 3 rings (SSSR count). The predicted octanol–water partition coefficient (Wildman–Crippen LogP) is 4.26. The maximum absolute atomic E-state index is 13.6. The lowest BCUT2D eigenvalue weighted by Crippen LogP contribution is -2.51. The molecular formula is C20H20F3NO3. The zero-order chi connectivity index (χ0) is 19.7. The predicted molar refractivity (Wildman–Crippen MR) is 94.5 cm³/mol. The van der Waals surface area contributed by atoms with Crippen LogP contribution in [0.2, 0.25) is 0 Å². The number of esters is 1. The first-order valence-corrected chi connectivity index (χ1v) is 8.57. The Morgan fingerprint density at radius 1 is 1.19 bits per heavy atom. The Kier molecular flexibility index (Phi) is 5.15. The lowest BCUT2D eigenvalue weighted by molar-refractivity contribution is -0.257. The summed E-state index contributed by atoms with van der Waals surface area (Å²) < 4.78 is 45.7. The van der Waals surface area contributed by atoms with Crippen molar-refractivity contribution in [3.63, 3.8) is 0 Å². The number of hydrogen-bond acceptors (Lipinski definition) is 4. The highest BCUT2D eigenvalue weighted by Gasteiger charge is 2.54. The molecule has 0 saturated heterocycles. The van der Waals surface area contributed by atoms with Gasteiger partial charge in [-0.25, -0.2) is 4.79 Å². The molecule has 0 spiro atoms. The van der Waals surface area contributed by atoms with E-state index in [9.17, 15) is 23.1 Å². The quantitative estimate of drug-likeness (QED) is 0.737. The SMILES string of the molecule is CC(CC(O)(CNc1ccc2c(c1)COC2=O)C(F)(F)F)c1ccccc1. The van der Waals surface area contributed by atoms with Gasteiger partial charge in [0, 0.05) is 11.3 Å². The molecule has 2 N–H and O–H groups in total. The second-order valence-corrected chi connectivity index (χ2v) is 6.85. The molecule has 27 heavy (non-hydrogen) atoms. The van der Waals surface area contributed by atoms with Crippen molar-refractivity contribution in [1.82, 2.24) is 0 Å². The Morgan fingerprint density at radius 2 is 1.89 bits per heavy atom. The standard InChI is InChI=1S/C20H20F3NO3/c1-13(14-5-3-2-4-6-14)10-19(26,20(21,22)23)12-24-16-7-8-17-15(9-16)11-27-18(17)25/h2-9,13,24,26H,10-12H2,1H3. The van der Waals surface area contributed by atoms with Crippen LogP contribution in [0, 0.1) is 0 Å². The third kappa shape index (κ3) is 4.08. The van der Waals surface area contributed by atoms with Gasteiger partial charge in [0.25, 0.3) is 0 Å². The van der Waals surface area contributed by atoms with Crippen LogP contribution in [0.25, 0.3) is 0 Å². The molecule has 2 atom stereocenters. The van der Waals surface area contributed by atoms with Crippen LogP contribution >= 0.6 is 0 Å². The van der Waals surface area contributed by atoms with Crippen LogP contribution in [0.4, 0.5) is 18.9 Å². The topological polar surface area (TPSA) is 58.6 Å². The van der Waals surface area contributed by atoms with Gasteiger partial charge in [-0.1, -0.05) is 37.3 Å². The van der Waals surface area contributed by atoms with Crippen molar-refractivity contribution in [1.29, 1.82) is 0 Å². The molecule has 1 aliphatic rings. The normalized spacial score (nSPS) is 17.0. The Hall–Kier alpha value is -2.54.